The second kappa shape index (κ2) is 6.25. The first-order valence-electron chi connectivity index (χ1n) is 5.67. The molecule has 1 rings (SSSR count). The van der Waals surface area contributed by atoms with E-state index in [1.54, 1.807) is 0 Å². The topological polar surface area (TPSA) is 64.9 Å². The molecule has 92 valence electrons. The van der Waals surface area contributed by atoms with Crippen LogP contribution >= 0.6 is 11.8 Å². The number of unbranched alkanes of at least 4 members (excludes halogenated alkanes) is 1. The van der Waals surface area contributed by atoms with Gasteiger partial charge in [-0.2, -0.15) is 4.98 Å². The van der Waals surface area contributed by atoms with Crippen LogP contribution in [0.2, 0.25) is 0 Å². The number of aromatic nitrogens is 2. The van der Waals surface area contributed by atoms with Crippen LogP contribution in [-0.4, -0.2) is 21.4 Å². The fourth-order valence-corrected chi connectivity index (χ4v) is 1.83. The summed E-state index contributed by atoms with van der Waals surface area (Å²) in [7, 11) is 0. The summed E-state index contributed by atoms with van der Waals surface area (Å²) < 4.78 is 5.40. The van der Waals surface area contributed by atoms with Gasteiger partial charge in [0.2, 0.25) is 5.89 Å². The zero-order valence-electron chi connectivity index (χ0n) is 10.3. The molecule has 0 saturated heterocycles. The molecule has 0 unspecified atom stereocenters. The first-order chi connectivity index (χ1) is 7.51. The van der Waals surface area contributed by atoms with Crippen LogP contribution in [0.3, 0.4) is 0 Å². The Balaban J connectivity index is 2.33. The Bertz CT molecular complexity index is 306. The normalized spacial score (nSPS) is 12.0. The molecule has 1 aromatic rings. The zero-order chi connectivity index (χ0) is 12.0. The second-order valence-electron chi connectivity index (χ2n) is 4.75. The summed E-state index contributed by atoms with van der Waals surface area (Å²) in [6.45, 7) is 7.26. The minimum atomic E-state index is 0.236. The quantitative estimate of drug-likeness (QED) is 0.777. The average molecular weight is 243 g/mol. The van der Waals surface area contributed by atoms with Gasteiger partial charge in [-0.25, -0.2) is 0 Å². The number of nitrogens with two attached hydrogens (primary N) is 1. The summed E-state index contributed by atoms with van der Waals surface area (Å²) >= 11 is 1.82. The second-order valence-corrected chi connectivity index (χ2v) is 6.55. The largest absolute Gasteiger partial charge is 0.339 e. The van der Waals surface area contributed by atoms with E-state index in [0.29, 0.717) is 0 Å². The van der Waals surface area contributed by atoms with Crippen LogP contribution in [0.4, 0.5) is 0 Å². The molecule has 0 amide bonds. The van der Waals surface area contributed by atoms with Crippen molar-refractivity contribution < 1.29 is 4.52 Å². The van der Waals surface area contributed by atoms with Crippen molar-refractivity contribution >= 4 is 11.8 Å². The molecular weight excluding hydrogens is 222 g/mol. The molecule has 0 spiro atoms. The molecular formula is C11H21N3OS. The van der Waals surface area contributed by atoms with Gasteiger partial charge in [0.1, 0.15) is 0 Å². The fraction of sp³-hybridized carbons (Fsp3) is 0.818. The third kappa shape index (κ3) is 5.51. The monoisotopic (exact) mass is 243 g/mol. The molecule has 0 aliphatic carbocycles. The smallest absolute Gasteiger partial charge is 0.226 e. The van der Waals surface area contributed by atoms with E-state index in [-0.39, 0.29) is 4.75 Å². The van der Waals surface area contributed by atoms with Gasteiger partial charge >= 0.3 is 0 Å². The Morgan fingerprint density at radius 3 is 2.69 bits per heavy atom. The van der Waals surface area contributed by atoms with Crippen LogP contribution in [0.5, 0.6) is 0 Å². The van der Waals surface area contributed by atoms with E-state index in [2.05, 4.69) is 30.9 Å². The van der Waals surface area contributed by atoms with Gasteiger partial charge in [-0.05, 0) is 19.4 Å². The van der Waals surface area contributed by atoms with Crippen LogP contribution in [0.1, 0.15) is 45.3 Å². The van der Waals surface area contributed by atoms with Gasteiger partial charge < -0.3 is 10.3 Å². The number of thioether (sulfide) groups is 1. The summed E-state index contributed by atoms with van der Waals surface area (Å²) in [5.41, 5.74) is 5.42. The highest BCUT2D eigenvalue weighted by atomic mass is 32.2. The SMILES string of the molecule is CC(C)(C)SCc1noc(CCCCN)n1. The number of hydrogen-bond donors (Lipinski definition) is 1. The van der Waals surface area contributed by atoms with Gasteiger partial charge in [-0.1, -0.05) is 25.9 Å². The molecule has 1 heterocycles. The van der Waals surface area contributed by atoms with E-state index in [1.165, 1.54) is 0 Å². The van der Waals surface area contributed by atoms with E-state index in [4.69, 9.17) is 10.3 Å². The molecule has 4 nitrogen and oxygen atoms in total. The van der Waals surface area contributed by atoms with E-state index in [1.807, 2.05) is 11.8 Å². The Morgan fingerprint density at radius 1 is 1.31 bits per heavy atom. The predicted octanol–water partition coefficient (Wildman–Crippen LogP) is 2.38. The molecule has 0 aliphatic rings. The lowest BCUT2D eigenvalue weighted by Crippen LogP contribution is -2.07. The molecule has 1 aromatic heterocycles. The van der Waals surface area contributed by atoms with Crippen molar-refractivity contribution in [3.8, 4) is 0 Å². The van der Waals surface area contributed by atoms with Crippen LogP contribution in [0.15, 0.2) is 4.52 Å². The number of aryl methyl sites for hydroxylation is 1. The predicted molar refractivity (Wildman–Crippen MR) is 67.3 cm³/mol. The zero-order valence-corrected chi connectivity index (χ0v) is 11.1. The van der Waals surface area contributed by atoms with Crippen molar-refractivity contribution in [3.63, 3.8) is 0 Å². The molecule has 0 saturated carbocycles. The van der Waals surface area contributed by atoms with Gasteiger partial charge in [0.05, 0.1) is 5.75 Å². The maximum Gasteiger partial charge on any atom is 0.226 e. The lowest BCUT2D eigenvalue weighted by molar-refractivity contribution is 0.371. The third-order valence-corrected chi connectivity index (χ3v) is 3.26. The summed E-state index contributed by atoms with van der Waals surface area (Å²) in [4.78, 5) is 4.35. The molecule has 2 N–H and O–H groups in total. The number of nitrogens with zero attached hydrogens (tertiary/aromatic N) is 2. The van der Waals surface area contributed by atoms with Crippen molar-refractivity contribution in [1.29, 1.82) is 0 Å². The first-order valence-corrected chi connectivity index (χ1v) is 6.65. The van der Waals surface area contributed by atoms with Gasteiger partial charge in [0, 0.05) is 11.2 Å². The minimum Gasteiger partial charge on any atom is -0.339 e. The van der Waals surface area contributed by atoms with Crippen LogP contribution in [-0.2, 0) is 12.2 Å². The lowest BCUT2D eigenvalue weighted by Gasteiger charge is -2.15. The van der Waals surface area contributed by atoms with Gasteiger partial charge in [-0.3, -0.25) is 0 Å². The molecule has 16 heavy (non-hydrogen) atoms. The fourth-order valence-electron chi connectivity index (χ4n) is 1.15. The third-order valence-electron chi connectivity index (χ3n) is 1.99. The van der Waals surface area contributed by atoms with Crippen LogP contribution in [0, 0.1) is 0 Å². The first kappa shape index (κ1) is 13.5. The highest BCUT2D eigenvalue weighted by Crippen LogP contribution is 2.26. The molecule has 5 heteroatoms. The number of hydrogen-bond acceptors (Lipinski definition) is 5. The van der Waals surface area contributed by atoms with Crippen molar-refractivity contribution in [2.75, 3.05) is 6.54 Å². The average Bonchev–Trinajstić information content (AvgIpc) is 2.62. The summed E-state index contributed by atoms with van der Waals surface area (Å²) in [5.74, 6) is 2.34. The molecule has 0 fully saturated rings. The van der Waals surface area contributed by atoms with Crippen LogP contribution in [0.25, 0.3) is 0 Å². The highest BCUT2D eigenvalue weighted by Gasteiger charge is 2.13. The molecule has 0 aromatic carbocycles. The van der Waals surface area contributed by atoms with E-state index in [9.17, 15) is 0 Å². The Labute approximate surface area is 101 Å². The molecule has 0 radical (unpaired) electrons. The molecule has 0 aliphatic heterocycles. The standard InChI is InChI=1S/C11H21N3OS/c1-11(2,3)16-8-9-13-10(15-14-9)6-4-5-7-12/h4-8,12H2,1-3H3. The van der Waals surface area contributed by atoms with E-state index in [0.717, 1.165) is 43.3 Å². The Hall–Kier alpha value is -0.550. The van der Waals surface area contributed by atoms with Crippen LogP contribution < -0.4 is 5.73 Å². The summed E-state index contributed by atoms with van der Waals surface area (Å²) in [5, 5.41) is 3.96. The Kier molecular flexibility index (Phi) is 5.28. The van der Waals surface area contributed by atoms with Gasteiger partial charge in [-0.15, -0.1) is 11.8 Å². The maximum atomic E-state index is 5.42. The lowest BCUT2D eigenvalue weighted by atomic mass is 10.2. The van der Waals surface area contributed by atoms with Crippen molar-refractivity contribution in [3.05, 3.63) is 11.7 Å². The Morgan fingerprint density at radius 2 is 2.06 bits per heavy atom. The van der Waals surface area contributed by atoms with Crippen molar-refractivity contribution in [2.24, 2.45) is 5.73 Å². The summed E-state index contributed by atoms with van der Waals surface area (Å²) in [6.07, 6.45) is 2.86. The number of rotatable bonds is 6. The molecule has 0 bridgehead atoms. The molecule has 0 atom stereocenters. The van der Waals surface area contributed by atoms with E-state index < -0.39 is 0 Å². The van der Waals surface area contributed by atoms with Gasteiger partial charge in [0.15, 0.2) is 5.82 Å². The van der Waals surface area contributed by atoms with Gasteiger partial charge in [0.25, 0.3) is 0 Å². The van der Waals surface area contributed by atoms with E-state index >= 15 is 0 Å². The van der Waals surface area contributed by atoms with Crippen molar-refractivity contribution in [2.45, 2.75) is 50.5 Å². The maximum absolute atomic E-state index is 5.42. The minimum absolute atomic E-state index is 0.236. The summed E-state index contributed by atoms with van der Waals surface area (Å²) in [6, 6.07) is 0. The van der Waals surface area contributed by atoms with Crippen molar-refractivity contribution in [1.82, 2.24) is 10.1 Å². The highest BCUT2D eigenvalue weighted by molar-refractivity contribution is 7.99.